The Bertz CT molecular complexity index is 629. The van der Waals surface area contributed by atoms with Crippen molar-refractivity contribution in [2.24, 2.45) is 4.36 Å². The molecular weight excluding hydrogens is 300 g/mol. The number of carbonyl (C=O) groups excluding carboxylic acids is 1. The molecule has 1 atom stereocenters. The molecule has 0 heterocycles. The molecule has 0 fully saturated rings. The number of amides is 1. The van der Waals surface area contributed by atoms with Gasteiger partial charge in [-0.15, -0.1) is 4.36 Å². The third-order valence-electron chi connectivity index (χ3n) is 2.15. The number of benzene rings is 1. The van der Waals surface area contributed by atoms with E-state index in [0.29, 0.717) is 16.3 Å². The Hall–Kier alpha value is -1.27. The van der Waals surface area contributed by atoms with E-state index in [9.17, 15) is 9.00 Å². The fourth-order valence-electron chi connectivity index (χ4n) is 1.46. The predicted molar refractivity (Wildman–Crippen MR) is 82.3 cm³/mol. The minimum atomic E-state index is -2.79. The molecule has 1 aromatic carbocycles. The van der Waals surface area contributed by atoms with Crippen LogP contribution in [0.3, 0.4) is 0 Å². The van der Waals surface area contributed by atoms with Crippen LogP contribution in [-0.4, -0.2) is 22.2 Å². The zero-order valence-corrected chi connectivity index (χ0v) is 13.5. The standard InChI is InChI=1S/C13H19ClN2O3S/c1-13(2,3)19-12(17)16-20(4,18)8-9-7-10(15)5-6-11(9)14/h5-7H,8,15H2,1-4H3. The summed E-state index contributed by atoms with van der Waals surface area (Å²) in [6, 6.07) is 4.89. The summed E-state index contributed by atoms with van der Waals surface area (Å²) >= 11 is 6.01. The number of rotatable bonds is 2. The summed E-state index contributed by atoms with van der Waals surface area (Å²) in [7, 11) is -2.79. The van der Waals surface area contributed by atoms with Gasteiger partial charge in [0.05, 0.1) is 15.5 Å². The second kappa shape index (κ2) is 6.01. The smallest absolute Gasteiger partial charge is 0.442 e. The van der Waals surface area contributed by atoms with Crippen LogP contribution >= 0.6 is 11.6 Å². The molecule has 1 amide bonds. The number of carbonyl (C=O) groups is 1. The van der Waals surface area contributed by atoms with E-state index in [2.05, 4.69) is 4.36 Å². The van der Waals surface area contributed by atoms with Gasteiger partial charge in [0.25, 0.3) is 0 Å². The van der Waals surface area contributed by atoms with Gasteiger partial charge in [0.1, 0.15) is 5.60 Å². The Morgan fingerprint density at radius 3 is 2.60 bits per heavy atom. The largest absolute Gasteiger partial charge is 0.442 e. The predicted octanol–water partition coefficient (Wildman–Crippen LogP) is 3.46. The summed E-state index contributed by atoms with van der Waals surface area (Å²) < 4.78 is 21.0. The molecule has 2 N–H and O–H groups in total. The van der Waals surface area contributed by atoms with Crippen LogP contribution in [-0.2, 0) is 20.2 Å². The van der Waals surface area contributed by atoms with Crippen LogP contribution in [0.5, 0.6) is 0 Å². The number of ether oxygens (including phenoxy) is 1. The zero-order valence-electron chi connectivity index (χ0n) is 12.0. The molecule has 1 rings (SSSR count). The average Bonchev–Trinajstić information content (AvgIpc) is 2.18. The van der Waals surface area contributed by atoms with Crippen molar-refractivity contribution in [3.05, 3.63) is 28.8 Å². The van der Waals surface area contributed by atoms with Gasteiger partial charge in [-0.25, -0.2) is 9.00 Å². The first-order chi connectivity index (χ1) is 8.98. The van der Waals surface area contributed by atoms with Crippen molar-refractivity contribution >= 4 is 33.1 Å². The van der Waals surface area contributed by atoms with E-state index in [1.54, 1.807) is 39.0 Å². The molecule has 5 nitrogen and oxygen atoms in total. The Balaban J connectivity index is 2.97. The van der Waals surface area contributed by atoms with Crippen molar-refractivity contribution in [1.82, 2.24) is 0 Å². The molecule has 1 aromatic rings. The minimum absolute atomic E-state index is 0.0378. The maximum absolute atomic E-state index is 12.3. The highest BCUT2D eigenvalue weighted by molar-refractivity contribution is 7.92. The van der Waals surface area contributed by atoms with Crippen LogP contribution in [0.25, 0.3) is 0 Å². The van der Waals surface area contributed by atoms with Crippen LogP contribution in [0.2, 0.25) is 5.02 Å². The summed E-state index contributed by atoms with van der Waals surface area (Å²) in [6.07, 6.45) is 0.543. The van der Waals surface area contributed by atoms with Gasteiger partial charge in [-0.05, 0) is 44.5 Å². The van der Waals surface area contributed by atoms with Gasteiger partial charge < -0.3 is 10.5 Å². The van der Waals surface area contributed by atoms with Gasteiger partial charge in [0, 0.05) is 17.0 Å². The van der Waals surface area contributed by atoms with Crippen molar-refractivity contribution in [2.45, 2.75) is 32.1 Å². The first-order valence-corrected chi connectivity index (χ1v) is 8.42. The van der Waals surface area contributed by atoms with Gasteiger partial charge >= 0.3 is 6.09 Å². The van der Waals surface area contributed by atoms with Gasteiger partial charge in [-0.1, -0.05) is 11.6 Å². The second-order valence-corrected chi connectivity index (χ2v) is 8.32. The van der Waals surface area contributed by atoms with Gasteiger partial charge in [-0.2, -0.15) is 0 Å². The van der Waals surface area contributed by atoms with E-state index in [1.807, 2.05) is 0 Å². The van der Waals surface area contributed by atoms with Gasteiger partial charge in [0.15, 0.2) is 0 Å². The lowest BCUT2D eigenvalue weighted by atomic mass is 10.2. The van der Waals surface area contributed by atoms with Crippen molar-refractivity contribution < 1.29 is 13.7 Å². The highest BCUT2D eigenvalue weighted by atomic mass is 35.5. The lowest BCUT2D eigenvalue weighted by Gasteiger charge is -2.17. The average molecular weight is 319 g/mol. The van der Waals surface area contributed by atoms with Crippen LogP contribution in [0.4, 0.5) is 10.5 Å². The van der Waals surface area contributed by atoms with Crippen LogP contribution in [0.1, 0.15) is 26.3 Å². The van der Waals surface area contributed by atoms with Crippen LogP contribution < -0.4 is 5.73 Å². The summed E-state index contributed by atoms with van der Waals surface area (Å²) in [5.41, 5.74) is 6.08. The van der Waals surface area contributed by atoms with E-state index in [1.165, 1.54) is 6.26 Å². The number of nitrogens with zero attached hydrogens (tertiary/aromatic N) is 1. The van der Waals surface area contributed by atoms with Crippen LogP contribution in [0, 0.1) is 0 Å². The maximum atomic E-state index is 12.3. The van der Waals surface area contributed by atoms with Crippen molar-refractivity contribution in [2.75, 3.05) is 12.0 Å². The number of hydrogen-bond acceptors (Lipinski definition) is 4. The van der Waals surface area contributed by atoms with Crippen molar-refractivity contribution in [1.29, 1.82) is 0 Å². The highest BCUT2D eigenvalue weighted by Gasteiger charge is 2.18. The van der Waals surface area contributed by atoms with Crippen molar-refractivity contribution in [3.63, 3.8) is 0 Å². The summed E-state index contributed by atoms with van der Waals surface area (Å²) in [5, 5.41) is 0.438. The molecule has 0 saturated heterocycles. The Morgan fingerprint density at radius 2 is 2.05 bits per heavy atom. The summed E-state index contributed by atoms with van der Waals surface area (Å²) in [5.74, 6) is 0.0378. The van der Waals surface area contributed by atoms with E-state index in [-0.39, 0.29) is 5.75 Å². The molecule has 0 spiro atoms. The topological polar surface area (TPSA) is 81.8 Å². The number of nitrogen functional groups attached to an aromatic ring is 1. The number of nitrogens with two attached hydrogens (primary N) is 1. The first kappa shape index (κ1) is 16.8. The third kappa shape index (κ3) is 5.79. The highest BCUT2D eigenvalue weighted by Crippen LogP contribution is 2.21. The molecular formula is C13H19ClN2O3S. The van der Waals surface area contributed by atoms with E-state index in [0.717, 1.165) is 0 Å². The molecule has 20 heavy (non-hydrogen) atoms. The summed E-state index contributed by atoms with van der Waals surface area (Å²) in [6.45, 7) is 5.14. The van der Waals surface area contributed by atoms with E-state index >= 15 is 0 Å². The second-order valence-electron chi connectivity index (χ2n) is 5.53. The normalized spacial score (nSPS) is 14.4. The minimum Gasteiger partial charge on any atom is -0.442 e. The van der Waals surface area contributed by atoms with Crippen LogP contribution in [0.15, 0.2) is 22.6 Å². The lowest BCUT2D eigenvalue weighted by molar-refractivity contribution is 0.0607. The monoisotopic (exact) mass is 318 g/mol. The van der Waals surface area contributed by atoms with Gasteiger partial charge in [0.2, 0.25) is 0 Å². The molecule has 0 radical (unpaired) electrons. The van der Waals surface area contributed by atoms with E-state index < -0.39 is 21.4 Å². The number of halogens is 1. The maximum Gasteiger partial charge on any atom is 0.442 e. The number of anilines is 1. The lowest BCUT2D eigenvalue weighted by Crippen LogP contribution is -2.22. The van der Waals surface area contributed by atoms with E-state index in [4.69, 9.17) is 22.1 Å². The summed E-state index contributed by atoms with van der Waals surface area (Å²) in [4.78, 5) is 11.6. The fraction of sp³-hybridized carbons (Fsp3) is 0.462. The Labute approximate surface area is 124 Å². The fourth-order valence-corrected chi connectivity index (χ4v) is 2.96. The quantitative estimate of drug-likeness (QED) is 0.847. The Morgan fingerprint density at radius 1 is 1.45 bits per heavy atom. The zero-order chi connectivity index (χ0) is 15.6. The van der Waals surface area contributed by atoms with Crippen molar-refractivity contribution in [3.8, 4) is 0 Å². The first-order valence-electron chi connectivity index (χ1n) is 5.95. The molecule has 1 unspecified atom stereocenters. The molecule has 0 aromatic heterocycles. The Kier molecular flexibility index (Phi) is 5.05. The third-order valence-corrected chi connectivity index (χ3v) is 3.90. The molecule has 112 valence electrons. The molecule has 0 aliphatic rings. The van der Waals surface area contributed by atoms with Gasteiger partial charge in [-0.3, -0.25) is 0 Å². The SMILES string of the molecule is CC(C)(C)OC(=O)N=S(C)(=O)Cc1cc(N)ccc1Cl. The molecule has 0 saturated carbocycles. The number of hydrogen-bond donors (Lipinski definition) is 1. The molecule has 0 aliphatic heterocycles. The molecule has 0 aliphatic carbocycles. The molecule has 7 heteroatoms. The molecule has 0 bridgehead atoms.